The number of rotatable bonds is 2. The Morgan fingerprint density at radius 3 is 2.44 bits per heavy atom. The molecule has 0 aliphatic carbocycles. The fourth-order valence-electron chi connectivity index (χ4n) is 1.49. The number of benzene rings is 1. The third-order valence-electron chi connectivity index (χ3n) is 2.29. The number of aryl methyl sites for hydroxylation is 1. The molecule has 1 aromatic carbocycles. The van der Waals surface area contributed by atoms with E-state index in [9.17, 15) is 0 Å². The largest absolute Gasteiger partial charge is 1.00 e. The SMILES string of the molecule is Cn1nnc(-c2ccc(-c3nc[c-]s3)cc2)n1.[Li+]. The van der Waals surface area contributed by atoms with Gasteiger partial charge in [0.1, 0.15) is 0 Å². The molecule has 2 heterocycles. The predicted molar refractivity (Wildman–Crippen MR) is 64.2 cm³/mol. The average Bonchev–Trinajstić information content (AvgIpc) is 3.00. The molecule has 0 fully saturated rings. The Kier molecular flexibility index (Phi) is 3.92. The number of aromatic nitrogens is 5. The second-order valence-corrected chi connectivity index (χ2v) is 4.29. The quantitative estimate of drug-likeness (QED) is 0.423. The van der Waals surface area contributed by atoms with Gasteiger partial charge in [-0.15, -0.1) is 10.2 Å². The Balaban J connectivity index is 0.00000120. The molecule has 0 bridgehead atoms. The van der Waals surface area contributed by atoms with E-state index in [0.717, 1.165) is 16.1 Å². The molecule has 2 aromatic heterocycles. The molecular formula is C11H8LiN5S. The zero-order valence-corrected chi connectivity index (χ0v) is 10.8. The molecule has 18 heavy (non-hydrogen) atoms. The first kappa shape index (κ1) is 13.0. The summed E-state index contributed by atoms with van der Waals surface area (Å²) in [7, 11) is 1.75. The van der Waals surface area contributed by atoms with Crippen LogP contribution in [0.2, 0.25) is 0 Å². The summed E-state index contributed by atoms with van der Waals surface area (Å²) in [4.78, 5) is 5.65. The summed E-state index contributed by atoms with van der Waals surface area (Å²) in [5.41, 5.74) is 2.02. The van der Waals surface area contributed by atoms with Crippen molar-refractivity contribution >= 4 is 11.3 Å². The fourth-order valence-corrected chi connectivity index (χ4v) is 2.06. The van der Waals surface area contributed by atoms with Crippen molar-refractivity contribution in [2.45, 2.75) is 0 Å². The van der Waals surface area contributed by atoms with E-state index in [0.29, 0.717) is 5.82 Å². The molecule has 0 saturated carbocycles. The van der Waals surface area contributed by atoms with Gasteiger partial charge < -0.3 is 16.3 Å². The topological polar surface area (TPSA) is 56.5 Å². The Morgan fingerprint density at radius 2 is 1.89 bits per heavy atom. The van der Waals surface area contributed by atoms with Crippen LogP contribution < -0.4 is 18.9 Å². The summed E-state index contributed by atoms with van der Waals surface area (Å²) in [5.74, 6) is 0.629. The summed E-state index contributed by atoms with van der Waals surface area (Å²) in [5, 5.41) is 15.8. The van der Waals surface area contributed by atoms with Crippen molar-refractivity contribution in [2.75, 3.05) is 0 Å². The van der Waals surface area contributed by atoms with Gasteiger partial charge >= 0.3 is 18.9 Å². The van der Waals surface area contributed by atoms with Crippen molar-refractivity contribution in [1.82, 2.24) is 25.2 Å². The average molecular weight is 249 g/mol. The van der Waals surface area contributed by atoms with Crippen LogP contribution in [0, 0.1) is 5.38 Å². The minimum Gasteiger partial charge on any atom is -0.359 e. The molecule has 0 saturated heterocycles. The molecule has 0 unspecified atom stereocenters. The Bertz CT molecular complexity index is 617. The second-order valence-electron chi connectivity index (χ2n) is 3.46. The van der Waals surface area contributed by atoms with Crippen LogP contribution >= 0.6 is 11.3 Å². The molecule has 0 spiro atoms. The predicted octanol–water partition coefficient (Wildman–Crippen LogP) is -1.20. The van der Waals surface area contributed by atoms with Gasteiger partial charge in [-0.3, -0.25) is 0 Å². The van der Waals surface area contributed by atoms with Crippen LogP contribution in [-0.2, 0) is 7.05 Å². The first-order valence-electron chi connectivity index (χ1n) is 4.99. The molecule has 0 amide bonds. The van der Waals surface area contributed by atoms with E-state index in [4.69, 9.17) is 0 Å². The zero-order valence-electron chi connectivity index (χ0n) is 10.0. The summed E-state index contributed by atoms with van der Waals surface area (Å²) in [6.07, 6.45) is 1.68. The molecule has 0 atom stereocenters. The van der Waals surface area contributed by atoms with Crippen LogP contribution in [0.25, 0.3) is 22.0 Å². The Hall–Kier alpha value is -1.48. The van der Waals surface area contributed by atoms with Gasteiger partial charge in [0.2, 0.25) is 5.82 Å². The van der Waals surface area contributed by atoms with Crippen molar-refractivity contribution in [2.24, 2.45) is 7.05 Å². The van der Waals surface area contributed by atoms with E-state index >= 15 is 0 Å². The molecule has 0 radical (unpaired) electrons. The summed E-state index contributed by atoms with van der Waals surface area (Å²) in [6, 6.07) is 7.93. The maximum atomic E-state index is 4.21. The van der Waals surface area contributed by atoms with E-state index in [1.807, 2.05) is 24.3 Å². The van der Waals surface area contributed by atoms with E-state index in [1.165, 1.54) is 16.1 Å². The third kappa shape index (κ3) is 2.51. The number of thiazole rings is 1. The van der Waals surface area contributed by atoms with Crippen molar-refractivity contribution < 1.29 is 18.9 Å². The first-order chi connectivity index (χ1) is 8.33. The van der Waals surface area contributed by atoms with Crippen LogP contribution in [0.3, 0.4) is 0 Å². The van der Waals surface area contributed by atoms with Gasteiger partial charge in [-0.05, 0) is 10.2 Å². The van der Waals surface area contributed by atoms with Gasteiger partial charge in [0.15, 0.2) is 0 Å². The van der Waals surface area contributed by atoms with Gasteiger partial charge in [-0.1, -0.05) is 36.0 Å². The van der Waals surface area contributed by atoms with E-state index in [2.05, 4.69) is 25.8 Å². The van der Waals surface area contributed by atoms with Gasteiger partial charge in [0.25, 0.3) is 0 Å². The minimum absolute atomic E-state index is 0. The molecule has 7 heteroatoms. The summed E-state index contributed by atoms with van der Waals surface area (Å²) < 4.78 is 0. The van der Waals surface area contributed by atoms with Gasteiger partial charge in [-0.2, -0.15) is 10.2 Å². The zero-order chi connectivity index (χ0) is 11.7. The van der Waals surface area contributed by atoms with Crippen molar-refractivity contribution in [3.63, 3.8) is 0 Å². The van der Waals surface area contributed by atoms with Crippen LogP contribution in [0.5, 0.6) is 0 Å². The molecule has 3 aromatic rings. The molecule has 84 valence electrons. The van der Waals surface area contributed by atoms with Crippen LogP contribution in [-0.4, -0.2) is 25.2 Å². The van der Waals surface area contributed by atoms with Crippen molar-refractivity contribution in [1.29, 1.82) is 0 Å². The summed E-state index contributed by atoms with van der Waals surface area (Å²) >= 11 is 1.50. The van der Waals surface area contributed by atoms with Gasteiger partial charge in [-0.25, -0.2) is 0 Å². The Labute approximate surface area is 120 Å². The summed E-state index contributed by atoms with van der Waals surface area (Å²) in [6.45, 7) is 0. The first-order valence-corrected chi connectivity index (χ1v) is 5.81. The third-order valence-corrected chi connectivity index (χ3v) is 3.05. The van der Waals surface area contributed by atoms with E-state index < -0.39 is 0 Å². The minimum atomic E-state index is 0. The molecule has 0 N–H and O–H groups in total. The number of hydrogen-bond donors (Lipinski definition) is 0. The van der Waals surface area contributed by atoms with E-state index in [-0.39, 0.29) is 18.9 Å². The maximum absolute atomic E-state index is 4.21. The van der Waals surface area contributed by atoms with Crippen LogP contribution in [0.4, 0.5) is 0 Å². The van der Waals surface area contributed by atoms with Gasteiger partial charge in [0.05, 0.1) is 7.05 Å². The molecule has 0 aliphatic rings. The smallest absolute Gasteiger partial charge is 0.359 e. The number of hydrogen-bond acceptors (Lipinski definition) is 5. The van der Waals surface area contributed by atoms with Crippen molar-refractivity contribution in [3.05, 3.63) is 35.8 Å². The van der Waals surface area contributed by atoms with Crippen LogP contribution in [0.1, 0.15) is 0 Å². The van der Waals surface area contributed by atoms with Gasteiger partial charge in [0, 0.05) is 5.56 Å². The molecular weight excluding hydrogens is 241 g/mol. The van der Waals surface area contributed by atoms with E-state index in [1.54, 1.807) is 13.2 Å². The Morgan fingerprint density at radius 1 is 1.17 bits per heavy atom. The van der Waals surface area contributed by atoms with Crippen molar-refractivity contribution in [3.8, 4) is 22.0 Å². The normalized spacial score (nSPS) is 10.1. The second kappa shape index (κ2) is 5.44. The monoisotopic (exact) mass is 249 g/mol. The number of nitrogens with zero attached hydrogens (tertiary/aromatic N) is 5. The molecule has 3 rings (SSSR count). The molecule has 0 aliphatic heterocycles. The van der Waals surface area contributed by atoms with Crippen LogP contribution in [0.15, 0.2) is 30.5 Å². The standard InChI is InChI=1S/C11H8N5S.Li/c1-16-14-10(13-15-16)8-2-4-9(5-3-8)11-12-6-7-17-11;/h2-6H,1H3;/q-1;+1. The number of tetrazole rings is 1. The molecule has 5 nitrogen and oxygen atoms in total. The fraction of sp³-hybridized carbons (Fsp3) is 0.0909. The maximum Gasteiger partial charge on any atom is 1.00 e.